The summed E-state index contributed by atoms with van der Waals surface area (Å²) in [6.07, 6.45) is 1.87. The highest BCUT2D eigenvalue weighted by atomic mass is 32.2. The van der Waals surface area contributed by atoms with Gasteiger partial charge in [0.1, 0.15) is 5.75 Å². The topological polar surface area (TPSA) is 69.7 Å². The van der Waals surface area contributed by atoms with Crippen molar-refractivity contribution in [3.8, 4) is 5.75 Å². The molecule has 128 valence electrons. The summed E-state index contributed by atoms with van der Waals surface area (Å²) in [5.41, 5.74) is -4.95. The molecule has 1 aliphatic rings. The van der Waals surface area contributed by atoms with Gasteiger partial charge in [-0.15, -0.1) is 0 Å². The van der Waals surface area contributed by atoms with E-state index in [1.54, 1.807) is 6.07 Å². The van der Waals surface area contributed by atoms with Gasteiger partial charge >= 0.3 is 21.6 Å². The molecule has 2 rings (SSSR count). The second-order valence-corrected chi connectivity index (χ2v) is 6.82. The van der Waals surface area contributed by atoms with Gasteiger partial charge in [-0.1, -0.05) is 12.1 Å². The molecule has 1 unspecified atom stereocenters. The molecule has 0 spiro atoms. The highest BCUT2D eigenvalue weighted by Gasteiger charge is 2.48. The maximum absolute atomic E-state index is 12.4. The van der Waals surface area contributed by atoms with Crippen LogP contribution in [0.2, 0.25) is 0 Å². The molecule has 9 heteroatoms. The van der Waals surface area contributed by atoms with E-state index >= 15 is 0 Å². The normalized spacial score (nSPS) is 16.7. The number of hydrogen-bond acceptors (Lipinski definition) is 5. The van der Waals surface area contributed by atoms with Gasteiger partial charge < -0.3 is 8.92 Å². The molecule has 0 aromatic heterocycles. The van der Waals surface area contributed by atoms with Crippen LogP contribution in [0.15, 0.2) is 24.3 Å². The molecule has 1 aromatic rings. The quantitative estimate of drug-likeness (QED) is 0.447. The van der Waals surface area contributed by atoms with Gasteiger partial charge in [-0.3, -0.25) is 4.79 Å². The molecule has 0 bridgehead atoms. The first kappa shape index (κ1) is 17.6. The molecule has 0 heterocycles. The van der Waals surface area contributed by atoms with Crippen LogP contribution in [-0.2, 0) is 19.6 Å². The molecule has 0 amide bonds. The molecule has 1 aliphatic carbocycles. The average molecular weight is 352 g/mol. The lowest BCUT2D eigenvalue weighted by atomic mass is 9.91. The molecular weight excluding hydrogens is 337 g/mol. The lowest BCUT2D eigenvalue weighted by molar-refractivity contribution is -0.141. The van der Waals surface area contributed by atoms with Gasteiger partial charge in [0.25, 0.3) is 0 Å². The van der Waals surface area contributed by atoms with E-state index in [2.05, 4.69) is 8.92 Å². The summed E-state index contributed by atoms with van der Waals surface area (Å²) in [7, 11) is -4.47. The van der Waals surface area contributed by atoms with Crippen LogP contribution in [0.1, 0.15) is 30.7 Å². The zero-order valence-corrected chi connectivity index (χ0v) is 13.0. The first-order valence-electron chi connectivity index (χ1n) is 6.81. The molecule has 1 atom stereocenters. The van der Waals surface area contributed by atoms with Crippen LogP contribution in [0.3, 0.4) is 0 Å². The van der Waals surface area contributed by atoms with E-state index in [-0.39, 0.29) is 18.3 Å². The van der Waals surface area contributed by atoms with Crippen LogP contribution in [-0.4, -0.2) is 27.0 Å². The summed E-state index contributed by atoms with van der Waals surface area (Å²) in [6.45, 7) is 0. The summed E-state index contributed by atoms with van der Waals surface area (Å²) in [5, 5.41) is 0. The monoisotopic (exact) mass is 352 g/mol. The fourth-order valence-electron chi connectivity index (χ4n) is 2.29. The zero-order valence-electron chi connectivity index (χ0n) is 12.2. The fraction of sp³-hybridized carbons (Fsp3) is 0.500. The Morgan fingerprint density at radius 1 is 1.35 bits per heavy atom. The largest absolute Gasteiger partial charge is 0.534 e. The summed E-state index contributed by atoms with van der Waals surface area (Å²) in [4.78, 5) is 11.5. The van der Waals surface area contributed by atoms with Gasteiger partial charge in [0.15, 0.2) is 0 Å². The minimum Gasteiger partial charge on any atom is -0.469 e. The Kier molecular flexibility index (Phi) is 4.88. The summed E-state index contributed by atoms with van der Waals surface area (Å²) in [6, 6.07) is 5.35. The summed E-state index contributed by atoms with van der Waals surface area (Å²) >= 11 is 0. The van der Waals surface area contributed by atoms with Crippen LogP contribution in [0.5, 0.6) is 5.75 Å². The lowest BCUT2D eigenvalue weighted by Crippen LogP contribution is -2.28. The standard InChI is InChI=1S/C14H15F3O5S/c1-21-13(18)8-12(9-5-6-9)10-3-2-4-11(7-10)22-23(19,20)14(15,16)17/h2-4,7,9,12H,5-6,8H2,1H3. The van der Waals surface area contributed by atoms with E-state index in [1.165, 1.54) is 19.2 Å². The molecule has 0 aliphatic heterocycles. The minimum atomic E-state index is -5.72. The number of methoxy groups -OCH3 is 1. The summed E-state index contributed by atoms with van der Waals surface area (Å²) in [5.74, 6) is -0.880. The molecule has 0 radical (unpaired) electrons. The Morgan fingerprint density at radius 3 is 2.52 bits per heavy atom. The van der Waals surface area contributed by atoms with E-state index in [9.17, 15) is 26.4 Å². The number of halogens is 3. The van der Waals surface area contributed by atoms with Crippen molar-refractivity contribution in [2.75, 3.05) is 7.11 Å². The van der Waals surface area contributed by atoms with Crippen molar-refractivity contribution >= 4 is 16.1 Å². The molecule has 0 N–H and O–H groups in total. The van der Waals surface area contributed by atoms with E-state index in [0.717, 1.165) is 18.9 Å². The fourth-order valence-corrected chi connectivity index (χ4v) is 2.74. The van der Waals surface area contributed by atoms with Gasteiger partial charge in [0.05, 0.1) is 13.5 Å². The lowest BCUT2D eigenvalue weighted by Gasteiger charge is -2.17. The molecule has 1 aromatic carbocycles. The Bertz CT molecular complexity index is 680. The number of carbonyl (C=O) groups is 1. The number of benzene rings is 1. The predicted octanol–water partition coefficient (Wildman–Crippen LogP) is 2.97. The van der Waals surface area contributed by atoms with Crippen molar-refractivity contribution < 1.29 is 35.3 Å². The van der Waals surface area contributed by atoms with Crippen LogP contribution >= 0.6 is 0 Å². The first-order valence-corrected chi connectivity index (χ1v) is 8.22. The van der Waals surface area contributed by atoms with Crippen molar-refractivity contribution in [2.45, 2.75) is 30.7 Å². The number of hydrogen-bond donors (Lipinski definition) is 0. The Balaban J connectivity index is 2.23. The Labute approximate surface area is 131 Å². The molecule has 5 nitrogen and oxygen atoms in total. The van der Waals surface area contributed by atoms with Gasteiger partial charge in [-0.2, -0.15) is 21.6 Å². The van der Waals surface area contributed by atoms with Crippen LogP contribution in [0.25, 0.3) is 0 Å². The van der Waals surface area contributed by atoms with E-state index in [0.29, 0.717) is 5.56 Å². The van der Waals surface area contributed by atoms with Gasteiger partial charge in [-0.05, 0) is 42.4 Å². The number of alkyl halides is 3. The number of rotatable bonds is 6. The zero-order chi connectivity index (χ0) is 17.3. The van der Waals surface area contributed by atoms with E-state index in [4.69, 9.17) is 0 Å². The average Bonchev–Trinajstić information content (AvgIpc) is 3.27. The van der Waals surface area contributed by atoms with E-state index in [1.807, 2.05) is 0 Å². The van der Waals surface area contributed by atoms with Crippen molar-refractivity contribution in [2.24, 2.45) is 5.92 Å². The van der Waals surface area contributed by atoms with Crippen molar-refractivity contribution in [1.82, 2.24) is 0 Å². The van der Waals surface area contributed by atoms with Gasteiger partial charge in [-0.25, -0.2) is 0 Å². The van der Waals surface area contributed by atoms with Crippen molar-refractivity contribution in [1.29, 1.82) is 0 Å². The van der Waals surface area contributed by atoms with Crippen LogP contribution in [0.4, 0.5) is 13.2 Å². The maximum atomic E-state index is 12.4. The molecular formula is C14H15F3O5S. The molecule has 1 fully saturated rings. The third kappa shape index (κ3) is 4.37. The third-order valence-electron chi connectivity index (χ3n) is 3.58. The van der Waals surface area contributed by atoms with Crippen molar-refractivity contribution in [3.05, 3.63) is 29.8 Å². The first-order chi connectivity index (χ1) is 10.6. The van der Waals surface area contributed by atoms with Gasteiger partial charge in [0, 0.05) is 0 Å². The SMILES string of the molecule is COC(=O)CC(c1cccc(OS(=O)(=O)C(F)(F)F)c1)C1CC1. The number of carbonyl (C=O) groups excluding carboxylic acids is 1. The third-order valence-corrected chi connectivity index (χ3v) is 4.56. The van der Waals surface area contributed by atoms with E-state index < -0.39 is 27.3 Å². The number of esters is 1. The Morgan fingerprint density at radius 2 is 2.00 bits per heavy atom. The molecule has 0 saturated heterocycles. The summed E-state index contributed by atoms with van der Waals surface area (Å²) < 4.78 is 67.9. The second kappa shape index (κ2) is 6.38. The van der Waals surface area contributed by atoms with Crippen LogP contribution < -0.4 is 4.18 Å². The minimum absolute atomic E-state index is 0.0800. The second-order valence-electron chi connectivity index (χ2n) is 5.28. The maximum Gasteiger partial charge on any atom is 0.534 e. The molecule has 1 saturated carbocycles. The van der Waals surface area contributed by atoms with Crippen LogP contribution in [0, 0.1) is 5.92 Å². The van der Waals surface area contributed by atoms with Gasteiger partial charge in [0.2, 0.25) is 0 Å². The Hall–Kier alpha value is -1.77. The highest BCUT2D eigenvalue weighted by Crippen LogP contribution is 2.45. The highest BCUT2D eigenvalue weighted by molar-refractivity contribution is 7.88. The van der Waals surface area contributed by atoms with Crippen molar-refractivity contribution in [3.63, 3.8) is 0 Å². The smallest absolute Gasteiger partial charge is 0.469 e. The molecule has 23 heavy (non-hydrogen) atoms. The number of ether oxygens (including phenoxy) is 1. The predicted molar refractivity (Wildman–Crippen MR) is 74.1 cm³/mol.